The number of benzene rings is 3. The van der Waals surface area contributed by atoms with E-state index in [-0.39, 0.29) is 5.91 Å². The summed E-state index contributed by atoms with van der Waals surface area (Å²) in [6, 6.07) is 31.5. The maximum atomic E-state index is 13.0. The summed E-state index contributed by atoms with van der Waals surface area (Å²) in [4.78, 5) is 13.0. The van der Waals surface area contributed by atoms with Crippen molar-refractivity contribution in [1.29, 1.82) is 0 Å². The number of rotatable bonds is 4. The van der Waals surface area contributed by atoms with Crippen molar-refractivity contribution in [2.45, 2.75) is 6.42 Å². The lowest BCUT2D eigenvalue weighted by atomic mass is 10.3. The number of carbonyl (C=O) groups excluding carboxylic acids is 1. The third-order valence-electron chi connectivity index (χ3n) is 4.79. The van der Waals surface area contributed by atoms with E-state index < -0.39 is 7.26 Å². The average molecular weight is 358 g/mol. The molecule has 1 amide bonds. The molecule has 0 aromatic heterocycles. The molecule has 0 saturated heterocycles. The highest BCUT2D eigenvalue weighted by molar-refractivity contribution is 7.99. The molecule has 1 N–H and O–H groups in total. The molecule has 3 heteroatoms. The van der Waals surface area contributed by atoms with Crippen LogP contribution in [0, 0.1) is 0 Å². The Morgan fingerprint density at radius 1 is 0.654 bits per heavy atom. The summed E-state index contributed by atoms with van der Waals surface area (Å²) < 4.78 is 0. The number of hydrogen-bond donors (Lipinski definition) is 1. The summed E-state index contributed by atoms with van der Waals surface area (Å²) >= 11 is 0. The fourth-order valence-corrected chi connectivity index (χ4v) is 8.06. The molecular weight excluding hydrogens is 337 g/mol. The van der Waals surface area contributed by atoms with Crippen LogP contribution in [-0.4, -0.2) is 12.5 Å². The minimum Gasteiger partial charge on any atom is -0.349 e. The van der Waals surface area contributed by atoms with E-state index >= 15 is 0 Å². The Bertz CT molecular complexity index is 824. The minimum atomic E-state index is -2.24. The van der Waals surface area contributed by atoms with E-state index in [4.69, 9.17) is 0 Å². The lowest BCUT2D eigenvalue weighted by Gasteiger charge is -2.30. The van der Waals surface area contributed by atoms with Crippen LogP contribution in [0.1, 0.15) is 6.42 Å². The molecular formula is C23H21NOP+. The second-order valence-corrected chi connectivity index (χ2v) is 9.68. The average Bonchev–Trinajstić information content (AvgIpc) is 2.72. The molecule has 1 aliphatic rings. The van der Waals surface area contributed by atoms with E-state index in [1.807, 2.05) is 18.2 Å². The van der Waals surface area contributed by atoms with Gasteiger partial charge in [0, 0.05) is 6.54 Å². The second-order valence-electron chi connectivity index (χ2n) is 6.31. The normalized spacial score (nSPS) is 14.5. The van der Waals surface area contributed by atoms with Crippen molar-refractivity contribution >= 4 is 29.1 Å². The van der Waals surface area contributed by atoms with Crippen molar-refractivity contribution in [2.24, 2.45) is 0 Å². The fraction of sp³-hybridized carbons (Fsp3) is 0.0870. The molecule has 0 atom stereocenters. The first-order valence-corrected chi connectivity index (χ1v) is 10.7. The standard InChI is InChI=1S/C23H20NOP/c25-23-22(17-10-18-24-23)26(19-11-4-1-5-12-19,20-13-6-2-7-14-20)21-15-8-3-9-16-21/h1-9,11-17H,10,18H2/p+1. The lowest BCUT2D eigenvalue weighted by Crippen LogP contribution is -2.39. The number of carbonyl (C=O) groups is 1. The van der Waals surface area contributed by atoms with Crippen molar-refractivity contribution in [3.8, 4) is 0 Å². The quantitative estimate of drug-likeness (QED) is 0.712. The predicted molar refractivity (Wildman–Crippen MR) is 111 cm³/mol. The molecule has 0 saturated carbocycles. The Labute approximate surface area is 154 Å². The molecule has 0 unspecified atom stereocenters. The summed E-state index contributed by atoms with van der Waals surface area (Å²) in [7, 11) is -2.24. The number of nitrogens with one attached hydrogen (secondary N) is 1. The van der Waals surface area contributed by atoms with E-state index in [0.717, 1.165) is 11.7 Å². The zero-order valence-corrected chi connectivity index (χ0v) is 15.4. The molecule has 1 heterocycles. The van der Waals surface area contributed by atoms with Crippen LogP contribution >= 0.6 is 7.26 Å². The molecule has 0 bridgehead atoms. The Hall–Kier alpha value is -2.70. The molecule has 3 aromatic rings. The van der Waals surface area contributed by atoms with Crippen LogP contribution in [-0.2, 0) is 4.79 Å². The Balaban J connectivity index is 2.11. The molecule has 3 aromatic carbocycles. The van der Waals surface area contributed by atoms with Crippen LogP contribution in [0.5, 0.6) is 0 Å². The van der Waals surface area contributed by atoms with Gasteiger partial charge in [-0.15, -0.1) is 0 Å². The van der Waals surface area contributed by atoms with Crippen molar-refractivity contribution in [3.05, 3.63) is 102 Å². The molecule has 0 radical (unpaired) electrons. The SMILES string of the molecule is O=C1NCCC=C1[P+](c1ccccc1)(c1ccccc1)c1ccccc1. The van der Waals surface area contributed by atoms with Gasteiger partial charge in [0.15, 0.2) is 5.31 Å². The summed E-state index contributed by atoms with van der Waals surface area (Å²) in [5.74, 6) is 0.0566. The van der Waals surface area contributed by atoms with Crippen LogP contribution < -0.4 is 21.2 Å². The van der Waals surface area contributed by atoms with Crippen LogP contribution in [0.2, 0.25) is 0 Å². The first-order chi connectivity index (χ1) is 12.8. The Morgan fingerprint density at radius 3 is 1.46 bits per heavy atom. The zero-order chi connectivity index (χ0) is 17.8. The Morgan fingerprint density at radius 2 is 1.08 bits per heavy atom. The highest BCUT2D eigenvalue weighted by Crippen LogP contribution is 2.62. The first-order valence-electron chi connectivity index (χ1n) is 8.88. The van der Waals surface area contributed by atoms with Crippen LogP contribution in [0.4, 0.5) is 0 Å². The highest BCUT2D eigenvalue weighted by Gasteiger charge is 2.52. The summed E-state index contributed by atoms with van der Waals surface area (Å²) in [6.45, 7) is 0.709. The maximum Gasteiger partial charge on any atom is 0.287 e. The smallest absolute Gasteiger partial charge is 0.287 e. The molecule has 26 heavy (non-hydrogen) atoms. The van der Waals surface area contributed by atoms with Gasteiger partial charge in [-0.1, -0.05) is 54.6 Å². The van der Waals surface area contributed by atoms with E-state index in [1.54, 1.807) is 0 Å². The van der Waals surface area contributed by atoms with Crippen LogP contribution in [0.15, 0.2) is 102 Å². The Kier molecular flexibility index (Phi) is 4.69. The van der Waals surface area contributed by atoms with Gasteiger partial charge >= 0.3 is 0 Å². The fourth-order valence-electron chi connectivity index (χ4n) is 3.69. The number of amides is 1. The van der Waals surface area contributed by atoms with Crippen molar-refractivity contribution in [3.63, 3.8) is 0 Å². The van der Waals surface area contributed by atoms with Crippen molar-refractivity contribution in [1.82, 2.24) is 5.32 Å². The first kappa shape index (κ1) is 16.8. The van der Waals surface area contributed by atoms with E-state index in [0.29, 0.717) is 6.54 Å². The topological polar surface area (TPSA) is 29.1 Å². The van der Waals surface area contributed by atoms with Crippen molar-refractivity contribution < 1.29 is 4.79 Å². The summed E-state index contributed by atoms with van der Waals surface area (Å²) in [6.07, 6.45) is 3.02. The van der Waals surface area contributed by atoms with E-state index in [2.05, 4.69) is 84.2 Å². The largest absolute Gasteiger partial charge is 0.349 e. The van der Waals surface area contributed by atoms with Gasteiger partial charge in [0.05, 0.1) is 0 Å². The molecule has 128 valence electrons. The van der Waals surface area contributed by atoms with Gasteiger partial charge in [-0.3, -0.25) is 4.79 Å². The third-order valence-corrected chi connectivity index (χ3v) is 9.12. The predicted octanol–water partition coefficient (Wildman–Crippen LogP) is 3.38. The summed E-state index contributed by atoms with van der Waals surface area (Å²) in [5, 5.41) is 7.60. The molecule has 0 fully saturated rings. The van der Waals surface area contributed by atoms with Gasteiger partial charge in [0.1, 0.15) is 23.2 Å². The van der Waals surface area contributed by atoms with Crippen molar-refractivity contribution in [2.75, 3.05) is 6.54 Å². The van der Waals surface area contributed by atoms with Gasteiger partial charge in [-0.2, -0.15) is 0 Å². The van der Waals surface area contributed by atoms with Crippen LogP contribution in [0.25, 0.3) is 0 Å². The van der Waals surface area contributed by atoms with Gasteiger partial charge < -0.3 is 5.32 Å². The monoisotopic (exact) mass is 358 g/mol. The van der Waals surface area contributed by atoms with E-state index in [1.165, 1.54) is 15.9 Å². The van der Waals surface area contributed by atoms with Gasteiger partial charge in [-0.25, -0.2) is 0 Å². The molecule has 2 nitrogen and oxygen atoms in total. The second kappa shape index (κ2) is 7.27. The maximum absolute atomic E-state index is 13.0. The molecule has 4 rings (SSSR count). The third kappa shape index (κ3) is 2.77. The summed E-state index contributed by atoms with van der Waals surface area (Å²) in [5.41, 5.74) is 0. The molecule has 0 spiro atoms. The number of hydrogen-bond acceptors (Lipinski definition) is 1. The highest BCUT2D eigenvalue weighted by atomic mass is 31.2. The van der Waals surface area contributed by atoms with Crippen LogP contribution in [0.3, 0.4) is 0 Å². The van der Waals surface area contributed by atoms with Gasteiger partial charge in [-0.05, 0) is 48.9 Å². The van der Waals surface area contributed by atoms with Gasteiger partial charge in [0.2, 0.25) is 0 Å². The van der Waals surface area contributed by atoms with E-state index in [9.17, 15) is 4.79 Å². The van der Waals surface area contributed by atoms with Gasteiger partial charge in [0.25, 0.3) is 5.91 Å². The molecule has 1 aliphatic heterocycles. The molecule has 0 aliphatic carbocycles. The zero-order valence-electron chi connectivity index (χ0n) is 14.5. The minimum absolute atomic E-state index is 0.0566. The lowest BCUT2D eigenvalue weighted by molar-refractivity contribution is -0.117.